The van der Waals surface area contributed by atoms with Crippen LogP contribution in [0, 0.1) is 11.3 Å². The van der Waals surface area contributed by atoms with Crippen LogP contribution < -0.4 is 10.5 Å². The Balaban J connectivity index is 2.75. The van der Waals surface area contributed by atoms with Gasteiger partial charge in [-0.1, -0.05) is 25.4 Å². The van der Waals surface area contributed by atoms with E-state index >= 15 is 0 Å². The van der Waals surface area contributed by atoms with Crippen LogP contribution in [0.1, 0.15) is 32.8 Å². The van der Waals surface area contributed by atoms with Crippen LogP contribution in [0.4, 0.5) is 0 Å². The zero-order chi connectivity index (χ0) is 13.0. The van der Waals surface area contributed by atoms with Crippen LogP contribution in [0.2, 0.25) is 5.02 Å². The molecule has 0 spiro atoms. The second-order valence-corrected chi connectivity index (χ2v) is 5.02. The molecule has 0 aliphatic rings. The van der Waals surface area contributed by atoms with Gasteiger partial charge in [-0.05, 0) is 37.5 Å². The first-order valence-corrected chi connectivity index (χ1v) is 6.08. The van der Waals surface area contributed by atoms with Crippen molar-refractivity contribution in [3.63, 3.8) is 0 Å². The molecule has 94 valence electrons. The van der Waals surface area contributed by atoms with Gasteiger partial charge in [0.25, 0.3) is 0 Å². The summed E-state index contributed by atoms with van der Waals surface area (Å²) >= 11 is 6.08. The molecule has 0 amide bonds. The minimum Gasteiger partial charge on any atom is -0.489 e. The zero-order valence-corrected chi connectivity index (χ0v) is 11.2. The third kappa shape index (κ3) is 4.27. The number of nitrogen functional groups attached to an aromatic ring is 1. The molecule has 1 aromatic rings. The molecule has 3 nitrogen and oxygen atoms in total. The van der Waals surface area contributed by atoms with Crippen molar-refractivity contribution >= 4 is 17.4 Å². The first kappa shape index (κ1) is 13.8. The fourth-order valence-electron chi connectivity index (χ4n) is 1.69. The molecule has 4 heteroatoms. The molecule has 0 bridgehead atoms. The Morgan fingerprint density at radius 2 is 2.06 bits per heavy atom. The third-order valence-electron chi connectivity index (χ3n) is 2.37. The predicted octanol–water partition coefficient (Wildman–Crippen LogP) is 3.44. The van der Waals surface area contributed by atoms with E-state index in [4.69, 9.17) is 27.5 Å². The Hall–Kier alpha value is -1.22. The monoisotopic (exact) mass is 254 g/mol. The van der Waals surface area contributed by atoms with E-state index in [1.54, 1.807) is 18.2 Å². The van der Waals surface area contributed by atoms with E-state index in [1.165, 1.54) is 0 Å². The number of hydrogen-bond acceptors (Lipinski definition) is 2. The number of rotatable bonds is 5. The highest BCUT2D eigenvalue weighted by molar-refractivity contribution is 6.32. The maximum absolute atomic E-state index is 7.31. The Morgan fingerprint density at radius 3 is 2.53 bits per heavy atom. The topological polar surface area (TPSA) is 59.1 Å². The summed E-state index contributed by atoms with van der Waals surface area (Å²) in [5.74, 6) is 1.23. The molecule has 1 aromatic carbocycles. The molecule has 1 rings (SSSR count). The molecule has 0 fully saturated rings. The van der Waals surface area contributed by atoms with Gasteiger partial charge in [0.1, 0.15) is 11.6 Å². The van der Waals surface area contributed by atoms with Crippen LogP contribution in [-0.4, -0.2) is 11.9 Å². The molecule has 0 heterocycles. The fraction of sp³-hybridized carbons (Fsp3) is 0.462. The molecule has 0 saturated heterocycles. The summed E-state index contributed by atoms with van der Waals surface area (Å²) in [6.45, 7) is 6.33. The van der Waals surface area contributed by atoms with Gasteiger partial charge in [-0.25, -0.2) is 0 Å². The van der Waals surface area contributed by atoms with E-state index < -0.39 is 0 Å². The van der Waals surface area contributed by atoms with Gasteiger partial charge in [-0.3, -0.25) is 5.41 Å². The zero-order valence-electron chi connectivity index (χ0n) is 10.5. The number of ether oxygens (including phenoxy) is 1. The SMILES string of the molecule is CC(C)CC(C)Oc1ccc(C(=N)N)cc1Cl. The number of halogens is 1. The van der Waals surface area contributed by atoms with Gasteiger partial charge in [0.15, 0.2) is 0 Å². The fourth-order valence-corrected chi connectivity index (χ4v) is 1.92. The van der Waals surface area contributed by atoms with Gasteiger partial charge in [0.2, 0.25) is 0 Å². The maximum atomic E-state index is 7.31. The van der Waals surface area contributed by atoms with Crippen molar-refractivity contribution in [2.75, 3.05) is 0 Å². The van der Waals surface area contributed by atoms with Crippen LogP contribution in [0.5, 0.6) is 5.75 Å². The number of benzene rings is 1. The number of amidine groups is 1. The normalized spacial score (nSPS) is 12.5. The van der Waals surface area contributed by atoms with Crippen LogP contribution in [0.15, 0.2) is 18.2 Å². The van der Waals surface area contributed by atoms with Crippen LogP contribution in [0.3, 0.4) is 0 Å². The molecule has 3 N–H and O–H groups in total. The second kappa shape index (κ2) is 5.92. The molecule has 1 atom stereocenters. The Labute approximate surface area is 107 Å². The summed E-state index contributed by atoms with van der Waals surface area (Å²) < 4.78 is 5.75. The molecule has 0 saturated carbocycles. The van der Waals surface area contributed by atoms with Crippen molar-refractivity contribution < 1.29 is 4.74 Å². The maximum Gasteiger partial charge on any atom is 0.138 e. The molecule has 17 heavy (non-hydrogen) atoms. The van der Waals surface area contributed by atoms with Crippen LogP contribution >= 0.6 is 11.6 Å². The minimum absolute atomic E-state index is 0.00804. The van der Waals surface area contributed by atoms with Gasteiger partial charge in [-0.15, -0.1) is 0 Å². The molecular formula is C13H19ClN2O. The van der Waals surface area contributed by atoms with E-state index in [-0.39, 0.29) is 11.9 Å². The number of hydrogen-bond donors (Lipinski definition) is 2. The van der Waals surface area contributed by atoms with E-state index in [0.29, 0.717) is 22.3 Å². The second-order valence-electron chi connectivity index (χ2n) is 4.62. The van der Waals surface area contributed by atoms with Crippen LogP contribution in [-0.2, 0) is 0 Å². The molecule has 0 aliphatic heterocycles. The summed E-state index contributed by atoms with van der Waals surface area (Å²) in [6, 6.07) is 5.16. The Kier molecular flexibility index (Phi) is 4.82. The molecule has 0 aliphatic carbocycles. The largest absolute Gasteiger partial charge is 0.489 e. The van der Waals surface area contributed by atoms with Gasteiger partial charge in [0.05, 0.1) is 11.1 Å². The van der Waals surface area contributed by atoms with Crippen LogP contribution in [0.25, 0.3) is 0 Å². The lowest BCUT2D eigenvalue weighted by atomic mass is 10.1. The van der Waals surface area contributed by atoms with Crippen molar-refractivity contribution in [1.29, 1.82) is 5.41 Å². The lowest BCUT2D eigenvalue weighted by Crippen LogP contribution is -2.15. The molecule has 1 unspecified atom stereocenters. The Bertz CT molecular complexity index is 404. The van der Waals surface area contributed by atoms with Gasteiger partial charge < -0.3 is 10.5 Å². The van der Waals surface area contributed by atoms with Crippen molar-refractivity contribution in [2.24, 2.45) is 11.7 Å². The van der Waals surface area contributed by atoms with E-state index in [0.717, 1.165) is 6.42 Å². The van der Waals surface area contributed by atoms with Crippen molar-refractivity contribution in [3.8, 4) is 5.75 Å². The predicted molar refractivity (Wildman–Crippen MR) is 72.0 cm³/mol. The highest BCUT2D eigenvalue weighted by atomic mass is 35.5. The standard InChI is InChI=1S/C13H19ClN2O/c1-8(2)6-9(3)17-12-5-4-10(13(15)16)7-11(12)14/h4-5,7-9H,6H2,1-3H3,(H3,15,16). The smallest absolute Gasteiger partial charge is 0.138 e. The Morgan fingerprint density at radius 1 is 1.41 bits per heavy atom. The van der Waals surface area contributed by atoms with Crippen molar-refractivity contribution in [1.82, 2.24) is 0 Å². The van der Waals surface area contributed by atoms with E-state index in [2.05, 4.69) is 13.8 Å². The van der Waals surface area contributed by atoms with E-state index in [9.17, 15) is 0 Å². The average Bonchev–Trinajstić information content (AvgIpc) is 2.19. The summed E-state index contributed by atoms with van der Waals surface area (Å²) in [5, 5.41) is 7.81. The number of nitrogens with two attached hydrogens (primary N) is 1. The first-order valence-electron chi connectivity index (χ1n) is 5.70. The van der Waals surface area contributed by atoms with Gasteiger partial charge >= 0.3 is 0 Å². The minimum atomic E-state index is 0.00804. The third-order valence-corrected chi connectivity index (χ3v) is 2.67. The number of nitrogens with one attached hydrogen (secondary N) is 1. The highest BCUT2D eigenvalue weighted by Gasteiger charge is 2.10. The van der Waals surface area contributed by atoms with Gasteiger partial charge in [0, 0.05) is 5.56 Å². The summed E-state index contributed by atoms with van der Waals surface area (Å²) in [7, 11) is 0. The van der Waals surface area contributed by atoms with Gasteiger partial charge in [-0.2, -0.15) is 0 Å². The lowest BCUT2D eigenvalue weighted by Gasteiger charge is -2.17. The molecular weight excluding hydrogens is 236 g/mol. The first-order chi connectivity index (χ1) is 7.90. The lowest BCUT2D eigenvalue weighted by molar-refractivity contribution is 0.193. The quantitative estimate of drug-likeness (QED) is 0.625. The average molecular weight is 255 g/mol. The van der Waals surface area contributed by atoms with Crippen molar-refractivity contribution in [3.05, 3.63) is 28.8 Å². The summed E-state index contributed by atoms with van der Waals surface area (Å²) in [6.07, 6.45) is 1.10. The molecule has 0 aromatic heterocycles. The van der Waals surface area contributed by atoms with E-state index in [1.807, 2.05) is 6.92 Å². The van der Waals surface area contributed by atoms with Crippen molar-refractivity contribution in [2.45, 2.75) is 33.3 Å². The summed E-state index contributed by atoms with van der Waals surface area (Å²) in [5.41, 5.74) is 5.99. The molecule has 0 radical (unpaired) electrons. The summed E-state index contributed by atoms with van der Waals surface area (Å²) in [4.78, 5) is 0. The highest BCUT2D eigenvalue weighted by Crippen LogP contribution is 2.27.